The van der Waals surface area contributed by atoms with Gasteiger partial charge in [-0.25, -0.2) is 10.1 Å². The highest BCUT2D eigenvalue weighted by Crippen LogP contribution is 2.22. The predicted octanol–water partition coefficient (Wildman–Crippen LogP) is 7.69. The van der Waals surface area contributed by atoms with E-state index in [-0.39, 0.29) is 5.91 Å². The molecule has 5 nitrogen and oxygen atoms in total. The van der Waals surface area contributed by atoms with Gasteiger partial charge in [0.15, 0.2) is 0 Å². The molecule has 0 radical (unpaired) electrons. The molecular weight excluding hydrogens is 432 g/mol. The van der Waals surface area contributed by atoms with Crippen molar-refractivity contribution in [2.75, 3.05) is 0 Å². The Morgan fingerprint density at radius 3 is 2.03 bits per heavy atom. The Morgan fingerprint density at radius 1 is 0.829 bits per heavy atom. The van der Waals surface area contributed by atoms with E-state index in [9.17, 15) is 4.79 Å². The first-order chi connectivity index (χ1) is 17.3. The van der Waals surface area contributed by atoms with Gasteiger partial charge in [0.1, 0.15) is 5.69 Å². The zero-order chi connectivity index (χ0) is 24.6. The highest BCUT2D eigenvalue weighted by atomic mass is 16.2. The van der Waals surface area contributed by atoms with Crippen LogP contribution in [0, 0.1) is 0 Å². The number of unbranched alkanes of at least 4 members (excludes halogenated alkanes) is 10. The van der Waals surface area contributed by atoms with E-state index in [4.69, 9.17) is 5.10 Å². The smallest absolute Gasteiger partial charge is 0.240 e. The van der Waals surface area contributed by atoms with E-state index in [1.54, 1.807) is 6.21 Å². The van der Waals surface area contributed by atoms with Crippen molar-refractivity contribution in [3.8, 4) is 16.9 Å². The van der Waals surface area contributed by atoms with Gasteiger partial charge in [0.2, 0.25) is 5.91 Å². The third-order valence-corrected chi connectivity index (χ3v) is 6.21. The summed E-state index contributed by atoms with van der Waals surface area (Å²) >= 11 is 0. The zero-order valence-electron chi connectivity index (χ0n) is 21.2. The van der Waals surface area contributed by atoms with Gasteiger partial charge in [-0.15, -0.1) is 0 Å². The van der Waals surface area contributed by atoms with Crippen molar-refractivity contribution in [1.29, 1.82) is 0 Å². The monoisotopic (exact) mass is 472 g/mol. The second-order valence-electron chi connectivity index (χ2n) is 9.16. The number of hydrogen-bond donors (Lipinski definition) is 1. The Bertz CT molecular complexity index is 1010. The number of hydrazone groups is 1. The number of amides is 1. The maximum atomic E-state index is 12.2. The molecule has 1 amide bonds. The van der Waals surface area contributed by atoms with Crippen molar-refractivity contribution in [3.63, 3.8) is 0 Å². The minimum absolute atomic E-state index is 0.0334. The molecular formula is C30H40N4O. The summed E-state index contributed by atoms with van der Waals surface area (Å²) in [5.74, 6) is -0.0334. The molecule has 0 saturated carbocycles. The van der Waals surface area contributed by atoms with Crippen LogP contribution in [0.3, 0.4) is 0 Å². The van der Waals surface area contributed by atoms with E-state index in [0.29, 0.717) is 6.42 Å². The second-order valence-corrected chi connectivity index (χ2v) is 9.16. The summed E-state index contributed by atoms with van der Waals surface area (Å²) in [5, 5.41) is 9.00. The van der Waals surface area contributed by atoms with Crippen molar-refractivity contribution < 1.29 is 4.79 Å². The van der Waals surface area contributed by atoms with Gasteiger partial charge in [-0.05, 0) is 18.6 Å². The van der Waals surface area contributed by atoms with Crippen LogP contribution in [-0.4, -0.2) is 21.9 Å². The van der Waals surface area contributed by atoms with Gasteiger partial charge in [-0.2, -0.15) is 10.2 Å². The number of rotatable bonds is 16. The van der Waals surface area contributed by atoms with Crippen LogP contribution < -0.4 is 5.43 Å². The van der Waals surface area contributed by atoms with E-state index in [2.05, 4.69) is 17.5 Å². The summed E-state index contributed by atoms with van der Waals surface area (Å²) in [7, 11) is 0. The summed E-state index contributed by atoms with van der Waals surface area (Å²) < 4.78 is 1.84. The van der Waals surface area contributed by atoms with Gasteiger partial charge < -0.3 is 0 Å². The fourth-order valence-electron chi connectivity index (χ4n) is 4.19. The number of nitrogens with one attached hydrogen (secondary N) is 1. The first kappa shape index (κ1) is 26.4. The summed E-state index contributed by atoms with van der Waals surface area (Å²) in [6.07, 6.45) is 18.2. The van der Waals surface area contributed by atoms with Crippen LogP contribution in [-0.2, 0) is 4.79 Å². The Kier molecular flexibility index (Phi) is 11.8. The predicted molar refractivity (Wildman–Crippen MR) is 146 cm³/mol. The number of para-hydroxylation sites is 1. The molecule has 1 heterocycles. The maximum absolute atomic E-state index is 12.2. The number of benzene rings is 2. The summed E-state index contributed by atoms with van der Waals surface area (Å²) in [5.41, 5.74) is 6.36. The largest absolute Gasteiger partial charge is 0.273 e. The lowest BCUT2D eigenvalue weighted by atomic mass is 10.1. The van der Waals surface area contributed by atoms with E-state index in [1.807, 2.05) is 71.5 Å². The van der Waals surface area contributed by atoms with Crippen LogP contribution in [0.25, 0.3) is 16.9 Å². The summed E-state index contributed by atoms with van der Waals surface area (Å²) in [4.78, 5) is 12.2. The highest BCUT2D eigenvalue weighted by Gasteiger charge is 2.11. The molecule has 5 heteroatoms. The van der Waals surface area contributed by atoms with Gasteiger partial charge in [0.25, 0.3) is 0 Å². The maximum Gasteiger partial charge on any atom is 0.240 e. The molecule has 0 spiro atoms. The van der Waals surface area contributed by atoms with Gasteiger partial charge in [-0.1, -0.05) is 120 Å². The van der Waals surface area contributed by atoms with Gasteiger partial charge >= 0.3 is 0 Å². The van der Waals surface area contributed by atoms with Crippen LogP contribution >= 0.6 is 0 Å². The number of carbonyl (C=O) groups is 1. The zero-order valence-corrected chi connectivity index (χ0v) is 21.2. The molecule has 2 aromatic carbocycles. The van der Waals surface area contributed by atoms with Gasteiger partial charge in [0.05, 0.1) is 11.9 Å². The molecule has 1 aromatic heterocycles. The average Bonchev–Trinajstić information content (AvgIpc) is 3.32. The molecule has 3 aromatic rings. The Balaban J connectivity index is 1.42. The molecule has 186 valence electrons. The van der Waals surface area contributed by atoms with Crippen LogP contribution in [0.5, 0.6) is 0 Å². The standard InChI is InChI=1S/C30H40N4O/c1-2-3-4-5-6-7-8-9-10-11-18-23-29(35)32-31-24-27-25-34(28-21-16-13-17-22-28)33-30(27)26-19-14-12-15-20-26/h12-17,19-22,24-25H,2-11,18,23H2,1H3,(H,32,35)/b31-24-. The molecule has 1 N–H and O–H groups in total. The van der Waals surface area contributed by atoms with Crippen LogP contribution in [0.15, 0.2) is 72.0 Å². The minimum Gasteiger partial charge on any atom is -0.273 e. The molecule has 0 atom stereocenters. The molecule has 35 heavy (non-hydrogen) atoms. The Morgan fingerprint density at radius 2 is 1.40 bits per heavy atom. The fraction of sp³-hybridized carbons (Fsp3) is 0.433. The highest BCUT2D eigenvalue weighted by molar-refractivity contribution is 5.89. The van der Waals surface area contributed by atoms with Crippen molar-refractivity contribution >= 4 is 12.1 Å². The summed E-state index contributed by atoms with van der Waals surface area (Å²) in [6.45, 7) is 2.26. The Hall–Kier alpha value is -3.21. The SMILES string of the molecule is CCCCCCCCCCCCCC(=O)N/N=C\c1cn(-c2ccccc2)nc1-c1ccccc1. The molecule has 3 rings (SSSR count). The average molecular weight is 473 g/mol. The molecule has 0 aliphatic heterocycles. The van der Waals surface area contributed by atoms with Crippen LogP contribution in [0.1, 0.15) is 89.5 Å². The number of hydrogen-bond acceptors (Lipinski definition) is 3. The molecule has 0 aliphatic carbocycles. The van der Waals surface area contributed by atoms with Gasteiger partial charge in [-0.3, -0.25) is 4.79 Å². The Labute approximate surface area is 210 Å². The van der Waals surface area contributed by atoms with Crippen molar-refractivity contribution in [2.45, 2.75) is 84.0 Å². The van der Waals surface area contributed by atoms with Crippen LogP contribution in [0.4, 0.5) is 0 Å². The lowest BCUT2D eigenvalue weighted by molar-refractivity contribution is -0.121. The molecule has 0 unspecified atom stereocenters. The summed E-state index contributed by atoms with van der Waals surface area (Å²) in [6, 6.07) is 20.0. The first-order valence-corrected chi connectivity index (χ1v) is 13.3. The number of aromatic nitrogens is 2. The van der Waals surface area contributed by atoms with Crippen molar-refractivity contribution in [1.82, 2.24) is 15.2 Å². The fourth-order valence-corrected chi connectivity index (χ4v) is 4.19. The third-order valence-electron chi connectivity index (χ3n) is 6.21. The van der Waals surface area contributed by atoms with Crippen molar-refractivity contribution in [3.05, 3.63) is 72.4 Å². The van der Waals surface area contributed by atoms with Crippen LogP contribution in [0.2, 0.25) is 0 Å². The van der Waals surface area contributed by atoms with E-state index < -0.39 is 0 Å². The lowest BCUT2D eigenvalue weighted by Gasteiger charge is -2.03. The van der Waals surface area contributed by atoms with E-state index in [1.165, 1.54) is 57.8 Å². The van der Waals surface area contributed by atoms with E-state index in [0.717, 1.165) is 35.3 Å². The topological polar surface area (TPSA) is 59.3 Å². The normalized spacial score (nSPS) is 11.2. The quantitative estimate of drug-likeness (QED) is 0.132. The van der Waals surface area contributed by atoms with E-state index >= 15 is 0 Å². The van der Waals surface area contributed by atoms with Gasteiger partial charge in [0, 0.05) is 23.7 Å². The molecule has 0 saturated heterocycles. The lowest BCUT2D eigenvalue weighted by Crippen LogP contribution is -2.16. The van der Waals surface area contributed by atoms with Crippen molar-refractivity contribution in [2.24, 2.45) is 5.10 Å². The molecule has 0 fully saturated rings. The number of nitrogens with zero attached hydrogens (tertiary/aromatic N) is 3. The number of carbonyl (C=O) groups excluding carboxylic acids is 1. The molecule has 0 bridgehead atoms. The minimum atomic E-state index is -0.0334. The molecule has 0 aliphatic rings. The first-order valence-electron chi connectivity index (χ1n) is 13.3. The second kappa shape index (κ2) is 15.6. The third kappa shape index (κ3) is 9.51.